The molecule has 0 spiro atoms. The first kappa shape index (κ1) is 16.6. The van der Waals surface area contributed by atoms with Crippen LogP contribution in [0.15, 0.2) is 29.1 Å². The van der Waals surface area contributed by atoms with Crippen LogP contribution in [0.3, 0.4) is 0 Å². The molecule has 1 fully saturated rings. The van der Waals surface area contributed by atoms with Crippen LogP contribution in [0.25, 0.3) is 10.8 Å². The number of fused-ring (bicyclic) bond motifs is 1. The fraction of sp³-hybridized carbons (Fsp3) is 0.500. The first-order valence-electron chi connectivity index (χ1n) is 8.55. The van der Waals surface area contributed by atoms with Crippen molar-refractivity contribution >= 4 is 16.7 Å². The molecule has 1 N–H and O–H groups in total. The van der Waals surface area contributed by atoms with Crippen molar-refractivity contribution in [3.05, 3.63) is 40.3 Å². The van der Waals surface area contributed by atoms with Gasteiger partial charge in [0.25, 0.3) is 5.56 Å². The predicted octanol–water partition coefficient (Wildman–Crippen LogP) is 2.16. The van der Waals surface area contributed by atoms with Crippen molar-refractivity contribution in [3.63, 3.8) is 0 Å². The molecule has 0 atom stereocenters. The molecule has 1 aromatic heterocycles. The molecule has 2 aromatic rings. The number of hydrogen-bond donors (Lipinski definition) is 1. The number of rotatable bonds is 6. The Morgan fingerprint density at radius 1 is 1.29 bits per heavy atom. The van der Waals surface area contributed by atoms with Crippen LogP contribution in [-0.2, 0) is 16.1 Å². The summed E-state index contributed by atoms with van der Waals surface area (Å²) in [6, 6.07) is 7.62. The molecule has 1 aliphatic rings. The van der Waals surface area contributed by atoms with Gasteiger partial charge in [0.2, 0.25) is 5.91 Å². The topological polar surface area (TPSA) is 73.2 Å². The van der Waals surface area contributed by atoms with Crippen LogP contribution in [0.5, 0.6) is 0 Å². The van der Waals surface area contributed by atoms with Gasteiger partial charge in [-0.2, -0.15) is 5.10 Å². The third-order valence-electron chi connectivity index (χ3n) is 4.47. The molecule has 0 aliphatic heterocycles. The van der Waals surface area contributed by atoms with E-state index in [0.29, 0.717) is 18.5 Å². The van der Waals surface area contributed by atoms with Gasteiger partial charge in [0.15, 0.2) is 0 Å². The van der Waals surface area contributed by atoms with Crippen molar-refractivity contribution in [2.75, 3.05) is 13.2 Å². The average molecular weight is 329 g/mol. The van der Waals surface area contributed by atoms with Gasteiger partial charge in [-0.05, 0) is 25.8 Å². The van der Waals surface area contributed by atoms with Crippen molar-refractivity contribution in [2.24, 2.45) is 0 Å². The first-order chi connectivity index (χ1) is 11.7. The number of carbonyl (C=O) groups excluding carboxylic acids is 1. The predicted molar refractivity (Wildman–Crippen MR) is 91.8 cm³/mol. The molecule has 0 radical (unpaired) electrons. The number of hydrogen-bond acceptors (Lipinski definition) is 4. The standard InChI is InChI=1S/C18H23N3O3/c1-2-24-12-17(22)19-11-16-14-9-5-6-10-15(14)18(23)21(20-16)13-7-3-4-8-13/h5-6,9-10,13H,2-4,7-8,11-12H2,1H3,(H,19,22). The van der Waals surface area contributed by atoms with Crippen molar-refractivity contribution < 1.29 is 9.53 Å². The van der Waals surface area contributed by atoms with Crippen LogP contribution >= 0.6 is 0 Å². The molecule has 6 heteroatoms. The zero-order valence-corrected chi connectivity index (χ0v) is 14.0. The second-order valence-corrected chi connectivity index (χ2v) is 6.09. The summed E-state index contributed by atoms with van der Waals surface area (Å²) >= 11 is 0. The lowest BCUT2D eigenvalue weighted by Gasteiger charge is -2.16. The Balaban J connectivity index is 1.92. The van der Waals surface area contributed by atoms with E-state index in [1.165, 1.54) is 0 Å². The maximum absolute atomic E-state index is 12.7. The molecular formula is C18H23N3O3. The zero-order chi connectivity index (χ0) is 16.9. The second kappa shape index (κ2) is 7.57. The summed E-state index contributed by atoms with van der Waals surface area (Å²) < 4.78 is 6.73. The number of benzene rings is 1. The third-order valence-corrected chi connectivity index (χ3v) is 4.47. The largest absolute Gasteiger partial charge is 0.372 e. The van der Waals surface area contributed by atoms with Crippen LogP contribution in [0, 0.1) is 0 Å². The number of carbonyl (C=O) groups is 1. The van der Waals surface area contributed by atoms with Gasteiger partial charge in [-0.25, -0.2) is 4.68 Å². The van der Waals surface area contributed by atoms with E-state index in [1.54, 1.807) is 4.68 Å². The average Bonchev–Trinajstić information content (AvgIpc) is 3.14. The number of ether oxygens (including phenoxy) is 1. The highest BCUT2D eigenvalue weighted by Gasteiger charge is 2.21. The number of nitrogens with zero attached hydrogens (tertiary/aromatic N) is 2. The summed E-state index contributed by atoms with van der Waals surface area (Å²) in [4.78, 5) is 24.5. The fourth-order valence-corrected chi connectivity index (χ4v) is 3.23. The van der Waals surface area contributed by atoms with Crippen molar-refractivity contribution in [3.8, 4) is 0 Å². The Morgan fingerprint density at radius 2 is 2.00 bits per heavy atom. The van der Waals surface area contributed by atoms with Crippen molar-refractivity contribution in [1.82, 2.24) is 15.1 Å². The molecule has 128 valence electrons. The summed E-state index contributed by atoms with van der Waals surface area (Å²) in [6.07, 6.45) is 4.24. The van der Waals surface area contributed by atoms with Crippen LogP contribution in [-0.4, -0.2) is 28.9 Å². The van der Waals surface area contributed by atoms with Gasteiger partial charge in [0.05, 0.1) is 23.7 Å². The Hall–Kier alpha value is -2.21. The van der Waals surface area contributed by atoms with Gasteiger partial charge >= 0.3 is 0 Å². The minimum atomic E-state index is -0.179. The Labute approximate surface area is 140 Å². The summed E-state index contributed by atoms with van der Waals surface area (Å²) in [5, 5.41) is 8.86. The molecule has 1 aliphatic carbocycles. The van der Waals surface area contributed by atoms with Gasteiger partial charge in [0.1, 0.15) is 6.61 Å². The molecule has 0 saturated heterocycles. The summed E-state index contributed by atoms with van der Waals surface area (Å²) in [5.74, 6) is -0.179. The highest BCUT2D eigenvalue weighted by Crippen LogP contribution is 2.28. The molecular weight excluding hydrogens is 306 g/mol. The van der Waals surface area contributed by atoms with Crippen molar-refractivity contribution in [2.45, 2.75) is 45.2 Å². The number of amides is 1. The summed E-state index contributed by atoms with van der Waals surface area (Å²) in [7, 11) is 0. The van der Waals surface area contributed by atoms with E-state index >= 15 is 0 Å². The van der Waals surface area contributed by atoms with Crippen LogP contribution in [0.1, 0.15) is 44.3 Å². The maximum atomic E-state index is 12.7. The molecule has 0 unspecified atom stereocenters. The zero-order valence-electron chi connectivity index (χ0n) is 14.0. The van der Waals surface area contributed by atoms with Crippen LogP contribution < -0.4 is 10.9 Å². The van der Waals surface area contributed by atoms with E-state index < -0.39 is 0 Å². The Kier molecular flexibility index (Phi) is 5.25. The van der Waals surface area contributed by atoms with E-state index in [0.717, 1.165) is 36.8 Å². The Bertz CT molecular complexity index is 779. The van der Waals surface area contributed by atoms with E-state index in [1.807, 2.05) is 31.2 Å². The smallest absolute Gasteiger partial charge is 0.274 e. The van der Waals surface area contributed by atoms with Gasteiger partial charge in [0, 0.05) is 12.0 Å². The van der Waals surface area contributed by atoms with Crippen LogP contribution in [0.2, 0.25) is 0 Å². The summed E-state index contributed by atoms with van der Waals surface area (Å²) in [5.41, 5.74) is 0.684. The Morgan fingerprint density at radius 3 is 2.71 bits per heavy atom. The molecule has 24 heavy (non-hydrogen) atoms. The minimum absolute atomic E-state index is 0.0384. The van der Waals surface area contributed by atoms with E-state index in [4.69, 9.17) is 4.74 Å². The molecule has 0 bridgehead atoms. The summed E-state index contributed by atoms with van der Waals surface area (Å²) in [6.45, 7) is 2.68. The lowest BCUT2D eigenvalue weighted by molar-refractivity contribution is -0.125. The molecule has 1 saturated carbocycles. The van der Waals surface area contributed by atoms with E-state index in [-0.39, 0.29) is 24.1 Å². The van der Waals surface area contributed by atoms with E-state index in [2.05, 4.69) is 10.4 Å². The normalized spacial score (nSPS) is 15.0. The lowest BCUT2D eigenvalue weighted by atomic mass is 10.1. The molecule has 1 aromatic carbocycles. The maximum Gasteiger partial charge on any atom is 0.274 e. The molecule has 1 amide bonds. The second-order valence-electron chi connectivity index (χ2n) is 6.09. The van der Waals surface area contributed by atoms with Crippen LogP contribution in [0.4, 0.5) is 0 Å². The molecule has 6 nitrogen and oxygen atoms in total. The third kappa shape index (κ3) is 3.48. The van der Waals surface area contributed by atoms with Gasteiger partial charge < -0.3 is 10.1 Å². The highest BCUT2D eigenvalue weighted by atomic mass is 16.5. The quantitative estimate of drug-likeness (QED) is 0.881. The van der Waals surface area contributed by atoms with Gasteiger partial charge in [-0.15, -0.1) is 0 Å². The SMILES string of the molecule is CCOCC(=O)NCc1nn(C2CCCC2)c(=O)c2ccccc12. The monoisotopic (exact) mass is 329 g/mol. The van der Waals surface area contributed by atoms with Gasteiger partial charge in [-0.3, -0.25) is 9.59 Å². The first-order valence-corrected chi connectivity index (χ1v) is 8.55. The number of nitrogens with one attached hydrogen (secondary N) is 1. The molecule has 3 rings (SSSR count). The van der Waals surface area contributed by atoms with Gasteiger partial charge in [-0.1, -0.05) is 31.0 Å². The minimum Gasteiger partial charge on any atom is -0.372 e. The fourth-order valence-electron chi connectivity index (χ4n) is 3.23. The van der Waals surface area contributed by atoms with Crippen molar-refractivity contribution in [1.29, 1.82) is 0 Å². The molecule has 1 heterocycles. The van der Waals surface area contributed by atoms with E-state index in [9.17, 15) is 9.59 Å². The number of aromatic nitrogens is 2. The lowest BCUT2D eigenvalue weighted by Crippen LogP contribution is -2.31. The highest BCUT2D eigenvalue weighted by molar-refractivity contribution is 5.84.